The Morgan fingerprint density at radius 3 is 2.59 bits per heavy atom. The van der Waals surface area contributed by atoms with E-state index in [1.807, 2.05) is 42.5 Å². The molecule has 2 aliphatic heterocycles. The average molecular weight is 476 g/mol. The van der Waals surface area contributed by atoms with Crippen LogP contribution in [0, 0.1) is 0 Å². The summed E-state index contributed by atoms with van der Waals surface area (Å²) in [4.78, 5) is 15.5. The standard InChI is InChI=1S/C27H29N3O3S/c31-27(28-24-12-7-16-29(20-24)19-21-8-2-1-3-9-21)23-11-6-13-25(18-23)34(32,33)30-17-15-22-10-4-5-14-26(22)30/h1-6,8-11,13-14,18,24H,7,12,15-17,19-20H2,(H,28,31). The van der Waals surface area contributed by atoms with Gasteiger partial charge in [0.05, 0.1) is 10.6 Å². The van der Waals surface area contributed by atoms with Gasteiger partial charge in [-0.3, -0.25) is 14.0 Å². The summed E-state index contributed by atoms with van der Waals surface area (Å²) in [6.45, 7) is 3.06. The average Bonchev–Trinajstić information content (AvgIpc) is 3.30. The molecule has 0 spiro atoms. The van der Waals surface area contributed by atoms with Crippen molar-refractivity contribution in [2.45, 2.75) is 36.7 Å². The number of piperidine rings is 1. The van der Waals surface area contributed by atoms with Crippen molar-refractivity contribution in [3.05, 3.63) is 95.6 Å². The fourth-order valence-corrected chi connectivity index (χ4v) is 6.46. The quantitative estimate of drug-likeness (QED) is 0.588. The summed E-state index contributed by atoms with van der Waals surface area (Å²) in [7, 11) is -3.74. The largest absolute Gasteiger partial charge is 0.348 e. The number of hydrogen-bond acceptors (Lipinski definition) is 4. The molecule has 1 unspecified atom stereocenters. The predicted octanol–water partition coefficient (Wildman–Crippen LogP) is 3.83. The highest BCUT2D eigenvalue weighted by Gasteiger charge is 2.31. The molecule has 0 aromatic heterocycles. The van der Waals surface area contributed by atoms with Crippen LogP contribution in [0.25, 0.3) is 0 Å². The van der Waals surface area contributed by atoms with Crippen LogP contribution in [0.3, 0.4) is 0 Å². The summed E-state index contributed by atoms with van der Waals surface area (Å²) >= 11 is 0. The molecule has 1 saturated heterocycles. The van der Waals surface area contributed by atoms with E-state index in [0.29, 0.717) is 18.5 Å². The van der Waals surface area contributed by atoms with Crippen molar-refractivity contribution in [3.8, 4) is 0 Å². The smallest absolute Gasteiger partial charge is 0.264 e. The number of carbonyl (C=O) groups is 1. The fourth-order valence-electron chi connectivity index (χ4n) is 4.91. The van der Waals surface area contributed by atoms with Gasteiger partial charge in [-0.05, 0) is 61.2 Å². The van der Waals surface area contributed by atoms with E-state index in [-0.39, 0.29) is 16.8 Å². The van der Waals surface area contributed by atoms with E-state index in [0.717, 1.165) is 43.7 Å². The maximum atomic E-state index is 13.4. The van der Waals surface area contributed by atoms with Crippen molar-refractivity contribution in [1.82, 2.24) is 10.2 Å². The molecule has 176 valence electrons. The number of fused-ring (bicyclic) bond motifs is 1. The number of nitrogens with one attached hydrogen (secondary N) is 1. The molecule has 3 aromatic rings. The number of rotatable bonds is 6. The molecular weight excluding hydrogens is 446 g/mol. The lowest BCUT2D eigenvalue weighted by Gasteiger charge is -2.33. The number of para-hydroxylation sites is 1. The Labute approximate surface area is 201 Å². The normalized spacial score (nSPS) is 18.5. The van der Waals surface area contributed by atoms with Crippen LogP contribution in [0.5, 0.6) is 0 Å². The Kier molecular flexibility index (Phi) is 6.39. The Bertz CT molecular complexity index is 1280. The number of anilines is 1. The van der Waals surface area contributed by atoms with Crippen LogP contribution >= 0.6 is 0 Å². The van der Waals surface area contributed by atoms with Gasteiger partial charge in [-0.25, -0.2) is 8.42 Å². The van der Waals surface area contributed by atoms with Crippen LogP contribution in [0.2, 0.25) is 0 Å². The molecule has 3 aromatic carbocycles. The van der Waals surface area contributed by atoms with E-state index >= 15 is 0 Å². The maximum Gasteiger partial charge on any atom is 0.264 e. The molecule has 5 rings (SSSR count). The Balaban J connectivity index is 1.27. The Hall–Kier alpha value is -3.16. The molecule has 0 bridgehead atoms. The van der Waals surface area contributed by atoms with E-state index in [1.54, 1.807) is 18.2 Å². The van der Waals surface area contributed by atoms with Crippen molar-refractivity contribution in [3.63, 3.8) is 0 Å². The number of sulfonamides is 1. The first kappa shape index (κ1) is 22.6. The number of amides is 1. The highest BCUT2D eigenvalue weighted by atomic mass is 32.2. The van der Waals surface area contributed by atoms with Crippen LogP contribution in [0.1, 0.15) is 34.3 Å². The SMILES string of the molecule is O=C(NC1CCCN(Cc2ccccc2)C1)c1cccc(S(=O)(=O)N2CCc3ccccc32)c1. The Morgan fingerprint density at radius 1 is 0.941 bits per heavy atom. The zero-order valence-corrected chi connectivity index (χ0v) is 19.9. The molecule has 34 heavy (non-hydrogen) atoms. The van der Waals surface area contributed by atoms with Crippen molar-refractivity contribution in [2.75, 3.05) is 23.9 Å². The molecule has 1 N–H and O–H groups in total. The lowest BCUT2D eigenvalue weighted by atomic mass is 10.0. The third-order valence-electron chi connectivity index (χ3n) is 6.62. The van der Waals surface area contributed by atoms with Crippen LogP contribution < -0.4 is 9.62 Å². The van der Waals surface area contributed by atoms with Gasteiger partial charge >= 0.3 is 0 Å². The summed E-state index contributed by atoms with van der Waals surface area (Å²) in [5, 5.41) is 3.13. The molecule has 0 radical (unpaired) electrons. The van der Waals surface area contributed by atoms with Gasteiger partial charge in [0.2, 0.25) is 0 Å². The second-order valence-electron chi connectivity index (χ2n) is 9.02. The van der Waals surface area contributed by atoms with Gasteiger partial charge < -0.3 is 5.32 Å². The van der Waals surface area contributed by atoms with Crippen molar-refractivity contribution < 1.29 is 13.2 Å². The summed E-state index contributed by atoms with van der Waals surface area (Å²) < 4.78 is 28.2. The molecular formula is C27H29N3O3S. The van der Waals surface area contributed by atoms with Crippen LogP contribution in [-0.2, 0) is 23.0 Å². The second-order valence-corrected chi connectivity index (χ2v) is 10.9. The molecule has 0 aliphatic carbocycles. The number of carbonyl (C=O) groups excluding carboxylic acids is 1. The van der Waals surface area contributed by atoms with E-state index < -0.39 is 10.0 Å². The maximum absolute atomic E-state index is 13.4. The minimum absolute atomic E-state index is 0.0377. The van der Waals surface area contributed by atoms with Gasteiger partial charge in [-0.15, -0.1) is 0 Å². The lowest BCUT2D eigenvalue weighted by molar-refractivity contribution is 0.0900. The number of nitrogens with zero attached hydrogens (tertiary/aromatic N) is 2. The van der Waals surface area contributed by atoms with Gasteiger partial charge in [-0.2, -0.15) is 0 Å². The summed E-state index contributed by atoms with van der Waals surface area (Å²) in [6.07, 6.45) is 2.62. The summed E-state index contributed by atoms with van der Waals surface area (Å²) in [6, 6.07) is 24.3. The zero-order chi connectivity index (χ0) is 23.5. The number of benzene rings is 3. The minimum Gasteiger partial charge on any atom is -0.348 e. The number of hydrogen-bond donors (Lipinski definition) is 1. The molecule has 1 fully saturated rings. The molecule has 0 saturated carbocycles. The zero-order valence-electron chi connectivity index (χ0n) is 19.1. The molecule has 2 heterocycles. The first-order chi connectivity index (χ1) is 16.5. The summed E-state index contributed by atoms with van der Waals surface area (Å²) in [5.74, 6) is -0.231. The molecule has 1 atom stereocenters. The minimum atomic E-state index is -3.74. The molecule has 1 amide bonds. The van der Waals surface area contributed by atoms with Crippen molar-refractivity contribution in [2.24, 2.45) is 0 Å². The molecule has 2 aliphatic rings. The monoisotopic (exact) mass is 475 g/mol. The first-order valence-corrected chi connectivity index (χ1v) is 13.2. The first-order valence-electron chi connectivity index (χ1n) is 11.8. The van der Waals surface area contributed by atoms with Gasteiger partial charge in [0, 0.05) is 31.2 Å². The van der Waals surface area contributed by atoms with Crippen molar-refractivity contribution in [1.29, 1.82) is 0 Å². The second kappa shape index (κ2) is 9.60. The lowest BCUT2D eigenvalue weighted by Crippen LogP contribution is -2.47. The van der Waals surface area contributed by atoms with Gasteiger partial charge in [0.25, 0.3) is 15.9 Å². The van der Waals surface area contributed by atoms with Gasteiger partial charge in [0.1, 0.15) is 0 Å². The summed E-state index contributed by atoms with van der Waals surface area (Å²) in [5.41, 5.74) is 3.38. The van der Waals surface area contributed by atoms with Gasteiger partial charge in [-0.1, -0.05) is 54.6 Å². The van der Waals surface area contributed by atoms with Crippen LogP contribution in [0.15, 0.2) is 83.8 Å². The van der Waals surface area contributed by atoms with Gasteiger partial charge in [0.15, 0.2) is 0 Å². The van der Waals surface area contributed by atoms with E-state index in [9.17, 15) is 13.2 Å². The molecule has 6 nitrogen and oxygen atoms in total. The highest BCUT2D eigenvalue weighted by molar-refractivity contribution is 7.92. The van der Waals surface area contributed by atoms with E-state index in [1.165, 1.54) is 15.9 Å². The van der Waals surface area contributed by atoms with Crippen LogP contribution in [0.4, 0.5) is 5.69 Å². The van der Waals surface area contributed by atoms with E-state index in [4.69, 9.17) is 0 Å². The molecule has 7 heteroatoms. The topological polar surface area (TPSA) is 69.7 Å². The van der Waals surface area contributed by atoms with Crippen molar-refractivity contribution >= 4 is 21.6 Å². The number of likely N-dealkylation sites (tertiary alicyclic amines) is 1. The van der Waals surface area contributed by atoms with E-state index in [2.05, 4.69) is 22.3 Å². The third-order valence-corrected chi connectivity index (χ3v) is 8.43. The predicted molar refractivity (Wildman–Crippen MR) is 133 cm³/mol. The third kappa shape index (κ3) is 4.72. The Morgan fingerprint density at radius 2 is 1.74 bits per heavy atom. The fraction of sp³-hybridized carbons (Fsp3) is 0.296. The highest BCUT2D eigenvalue weighted by Crippen LogP contribution is 2.32. The van der Waals surface area contributed by atoms with Crippen LogP contribution in [-0.4, -0.2) is 44.9 Å².